The number of aromatic nitrogens is 2. The molecule has 0 saturated heterocycles. The predicted octanol–water partition coefficient (Wildman–Crippen LogP) is 1.77. The van der Waals surface area contributed by atoms with E-state index in [1.54, 1.807) is 0 Å². The van der Waals surface area contributed by atoms with E-state index in [9.17, 15) is 0 Å². The zero-order valence-electron chi connectivity index (χ0n) is 11.5. The van der Waals surface area contributed by atoms with E-state index in [-0.39, 0.29) is 0 Å². The minimum Gasteiger partial charge on any atom is -0.329 e. The minimum atomic E-state index is 0.524. The van der Waals surface area contributed by atoms with Crippen molar-refractivity contribution in [3.05, 3.63) is 30.6 Å². The van der Waals surface area contributed by atoms with Crippen LogP contribution in [0.2, 0.25) is 0 Å². The summed E-state index contributed by atoms with van der Waals surface area (Å²) in [7, 11) is 0. The van der Waals surface area contributed by atoms with Crippen LogP contribution in [-0.2, 0) is 6.54 Å². The van der Waals surface area contributed by atoms with Crippen LogP contribution >= 0.6 is 0 Å². The summed E-state index contributed by atoms with van der Waals surface area (Å²) in [6, 6.07) is 9.60. The van der Waals surface area contributed by atoms with E-state index in [0.29, 0.717) is 6.04 Å². The maximum atomic E-state index is 4.41. The first kappa shape index (κ1) is 12.6. The lowest BCUT2D eigenvalue weighted by Gasteiger charge is -2.14. The second kappa shape index (κ2) is 5.72. The first-order valence-corrected chi connectivity index (χ1v) is 7.19. The van der Waals surface area contributed by atoms with Gasteiger partial charge >= 0.3 is 0 Å². The first-order chi connectivity index (χ1) is 9.33. The van der Waals surface area contributed by atoms with Gasteiger partial charge in [-0.05, 0) is 31.9 Å². The smallest absolute Gasteiger partial charge is 0.0958 e. The van der Waals surface area contributed by atoms with Gasteiger partial charge in [-0.25, -0.2) is 4.98 Å². The van der Waals surface area contributed by atoms with Crippen molar-refractivity contribution < 1.29 is 0 Å². The summed E-state index contributed by atoms with van der Waals surface area (Å²) in [5.41, 5.74) is 2.29. The van der Waals surface area contributed by atoms with Crippen molar-refractivity contribution in [2.24, 2.45) is 0 Å². The summed E-state index contributed by atoms with van der Waals surface area (Å²) >= 11 is 0. The Balaban J connectivity index is 1.46. The number of para-hydroxylation sites is 2. The zero-order valence-corrected chi connectivity index (χ0v) is 11.5. The number of fused-ring (bicyclic) bond motifs is 1. The van der Waals surface area contributed by atoms with Gasteiger partial charge < -0.3 is 15.2 Å². The van der Waals surface area contributed by atoms with E-state index >= 15 is 0 Å². The lowest BCUT2D eigenvalue weighted by atomic mass is 10.3. The summed E-state index contributed by atoms with van der Waals surface area (Å²) in [5.74, 6) is 0. The SMILES string of the molecule is CC(CNC1CC1)NCCn1cnc2ccccc21. The van der Waals surface area contributed by atoms with Crippen LogP contribution in [0.25, 0.3) is 11.0 Å². The van der Waals surface area contributed by atoms with Crippen molar-refractivity contribution in [1.82, 2.24) is 20.2 Å². The van der Waals surface area contributed by atoms with Crippen LogP contribution in [0.3, 0.4) is 0 Å². The van der Waals surface area contributed by atoms with Crippen LogP contribution in [0, 0.1) is 0 Å². The van der Waals surface area contributed by atoms with Gasteiger partial charge in [0.2, 0.25) is 0 Å². The van der Waals surface area contributed by atoms with Crippen LogP contribution < -0.4 is 10.6 Å². The fourth-order valence-corrected chi connectivity index (χ4v) is 2.32. The molecule has 0 spiro atoms. The van der Waals surface area contributed by atoms with Gasteiger partial charge in [0.1, 0.15) is 0 Å². The molecule has 2 aromatic rings. The van der Waals surface area contributed by atoms with Crippen LogP contribution in [0.1, 0.15) is 19.8 Å². The van der Waals surface area contributed by atoms with E-state index in [1.165, 1.54) is 18.4 Å². The van der Waals surface area contributed by atoms with Crippen LogP contribution in [0.15, 0.2) is 30.6 Å². The molecular weight excluding hydrogens is 236 g/mol. The standard InChI is InChI=1S/C15H22N4/c1-12(10-17-13-6-7-13)16-8-9-19-11-18-14-4-2-3-5-15(14)19/h2-5,11-13,16-17H,6-10H2,1H3. The van der Waals surface area contributed by atoms with E-state index < -0.39 is 0 Å². The highest BCUT2D eigenvalue weighted by Gasteiger charge is 2.20. The lowest BCUT2D eigenvalue weighted by molar-refractivity contribution is 0.483. The number of rotatable bonds is 7. The van der Waals surface area contributed by atoms with Crippen molar-refractivity contribution in [3.8, 4) is 0 Å². The molecule has 2 N–H and O–H groups in total. The molecule has 1 fully saturated rings. The lowest BCUT2D eigenvalue weighted by Crippen LogP contribution is -2.38. The highest BCUT2D eigenvalue weighted by atomic mass is 15.1. The Morgan fingerprint density at radius 1 is 1.37 bits per heavy atom. The van der Waals surface area contributed by atoms with Gasteiger partial charge in [-0.15, -0.1) is 0 Å². The maximum absolute atomic E-state index is 4.41. The molecule has 1 aromatic carbocycles. The predicted molar refractivity (Wildman–Crippen MR) is 78.2 cm³/mol. The first-order valence-electron chi connectivity index (χ1n) is 7.19. The Bertz CT molecular complexity index is 530. The summed E-state index contributed by atoms with van der Waals surface area (Å²) in [6.45, 7) is 5.25. The molecule has 1 aliphatic carbocycles. The maximum Gasteiger partial charge on any atom is 0.0958 e. The quantitative estimate of drug-likeness (QED) is 0.795. The second-order valence-electron chi connectivity index (χ2n) is 5.46. The summed E-state index contributed by atoms with van der Waals surface area (Å²) in [6.07, 6.45) is 4.64. The van der Waals surface area contributed by atoms with Gasteiger partial charge in [-0.3, -0.25) is 0 Å². The number of benzene rings is 1. The molecule has 1 saturated carbocycles. The molecule has 0 bridgehead atoms. The molecule has 0 aliphatic heterocycles. The third kappa shape index (κ3) is 3.33. The molecule has 0 amide bonds. The summed E-state index contributed by atoms with van der Waals surface area (Å²) in [4.78, 5) is 4.41. The zero-order chi connectivity index (χ0) is 13.1. The largest absolute Gasteiger partial charge is 0.329 e. The third-order valence-electron chi connectivity index (χ3n) is 3.66. The Kier molecular flexibility index (Phi) is 3.80. The summed E-state index contributed by atoms with van der Waals surface area (Å²) < 4.78 is 2.21. The molecule has 3 rings (SSSR count). The Labute approximate surface area is 114 Å². The van der Waals surface area contributed by atoms with Gasteiger partial charge in [0.15, 0.2) is 0 Å². The highest BCUT2D eigenvalue weighted by Crippen LogP contribution is 2.18. The molecule has 4 nitrogen and oxygen atoms in total. The molecular formula is C15H22N4. The van der Waals surface area contributed by atoms with Crippen molar-refractivity contribution in [3.63, 3.8) is 0 Å². The molecule has 102 valence electrons. The topological polar surface area (TPSA) is 41.9 Å². The van der Waals surface area contributed by atoms with Crippen molar-refractivity contribution in [2.75, 3.05) is 13.1 Å². The molecule has 0 radical (unpaired) electrons. The Morgan fingerprint density at radius 2 is 2.21 bits per heavy atom. The molecule has 1 heterocycles. The fraction of sp³-hybridized carbons (Fsp3) is 0.533. The van der Waals surface area contributed by atoms with E-state index in [1.807, 2.05) is 12.4 Å². The average molecular weight is 258 g/mol. The van der Waals surface area contributed by atoms with Gasteiger partial charge in [0.05, 0.1) is 17.4 Å². The number of nitrogens with one attached hydrogen (secondary N) is 2. The minimum absolute atomic E-state index is 0.524. The highest BCUT2D eigenvalue weighted by molar-refractivity contribution is 5.74. The van der Waals surface area contributed by atoms with Crippen LogP contribution in [0.4, 0.5) is 0 Å². The molecule has 1 atom stereocenters. The number of nitrogens with zero attached hydrogens (tertiary/aromatic N) is 2. The van der Waals surface area contributed by atoms with Crippen molar-refractivity contribution in [2.45, 2.75) is 38.4 Å². The third-order valence-corrected chi connectivity index (χ3v) is 3.66. The van der Waals surface area contributed by atoms with Crippen LogP contribution in [-0.4, -0.2) is 34.7 Å². The molecule has 1 aliphatic rings. The molecule has 1 aromatic heterocycles. The van der Waals surface area contributed by atoms with E-state index in [2.05, 4.69) is 45.3 Å². The second-order valence-corrected chi connectivity index (χ2v) is 5.46. The molecule has 4 heteroatoms. The Morgan fingerprint density at radius 3 is 3.05 bits per heavy atom. The van der Waals surface area contributed by atoms with Gasteiger partial charge in [-0.1, -0.05) is 12.1 Å². The summed E-state index contributed by atoms with van der Waals surface area (Å²) in [5, 5.41) is 7.11. The molecule has 19 heavy (non-hydrogen) atoms. The van der Waals surface area contributed by atoms with Gasteiger partial charge in [0, 0.05) is 31.7 Å². The van der Waals surface area contributed by atoms with E-state index in [4.69, 9.17) is 0 Å². The average Bonchev–Trinajstić information content (AvgIpc) is 3.18. The van der Waals surface area contributed by atoms with Crippen molar-refractivity contribution in [1.29, 1.82) is 0 Å². The van der Waals surface area contributed by atoms with Gasteiger partial charge in [-0.2, -0.15) is 0 Å². The monoisotopic (exact) mass is 258 g/mol. The van der Waals surface area contributed by atoms with Crippen LogP contribution in [0.5, 0.6) is 0 Å². The fourth-order valence-electron chi connectivity index (χ4n) is 2.32. The molecule has 1 unspecified atom stereocenters. The van der Waals surface area contributed by atoms with Gasteiger partial charge in [0.25, 0.3) is 0 Å². The Hall–Kier alpha value is -1.39. The van der Waals surface area contributed by atoms with Crippen molar-refractivity contribution >= 4 is 11.0 Å². The number of imidazole rings is 1. The van der Waals surface area contributed by atoms with E-state index in [0.717, 1.165) is 31.2 Å². The number of hydrogen-bond acceptors (Lipinski definition) is 3. The number of hydrogen-bond donors (Lipinski definition) is 2. The normalized spacial score (nSPS) is 16.9.